The largest absolute Gasteiger partial charge is 1.00 e. The minimum Gasteiger partial charge on any atom is -0.550 e. The van der Waals surface area contributed by atoms with Crippen molar-refractivity contribution in [1.29, 1.82) is 0 Å². The number of allylic oxidation sites excluding steroid dienone is 3. The Hall–Kier alpha value is -1.13. The number of aromatic nitrogens is 4. The maximum Gasteiger partial charge on any atom is 1.00 e. The topological polar surface area (TPSA) is 247 Å². The molecule has 61 heavy (non-hydrogen) atoms. The van der Waals surface area contributed by atoms with Gasteiger partial charge >= 0.3 is 118 Å². The average Bonchev–Trinajstić information content (AvgIpc) is 3.89. The average molecular weight is 1060 g/mol. The summed E-state index contributed by atoms with van der Waals surface area (Å²) in [6.07, 6.45) is 0.995. The predicted octanol–water partition coefficient (Wildman–Crippen LogP) is -8.78. The molecule has 0 aromatic carbocycles. The Balaban J connectivity index is 0.00000465. The third-order valence-electron chi connectivity index (χ3n) is 9.96. The van der Waals surface area contributed by atoms with Gasteiger partial charge in [0.25, 0.3) is 0 Å². The van der Waals surface area contributed by atoms with Gasteiger partial charge in [-0.25, -0.2) is 9.97 Å². The number of amides is 1. The van der Waals surface area contributed by atoms with E-state index in [0.29, 0.717) is 58.9 Å². The molecule has 14 nitrogen and oxygen atoms in total. The number of carbonyl (C=O) groups is 5. The first-order valence-corrected chi connectivity index (χ1v) is 19.9. The van der Waals surface area contributed by atoms with Crippen LogP contribution in [-0.4, -0.2) is 55.8 Å². The molecular weight excluding hydrogens is 1030 g/mol. The van der Waals surface area contributed by atoms with Crippen LogP contribution < -0.4 is 144 Å². The van der Waals surface area contributed by atoms with E-state index in [0.717, 1.165) is 22.3 Å². The van der Waals surface area contributed by atoms with Crippen LogP contribution in [0.2, 0.25) is 0 Å². The van der Waals surface area contributed by atoms with E-state index in [4.69, 9.17) is 9.97 Å². The molecule has 2 aliphatic rings. The van der Waals surface area contributed by atoms with Gasteiger partial charge in [-0.2, -0.15) is 0 Å². The number of nitrogens with zero attached hydrogens (tertiary/aromatic N) is 2. The fourth-order valence-electron chi connectivity index (χ4n) is 7.16. The number of nitrogens with one attached hydrogen (secondary N) is 3. The summed E-state index contributed by atoms with van der Waals surface area (Å²) in [5, 5.41) is 50.4. The summed E-state index contributed by atoms with van der Waals surface area (Å²) in [4.78, 5) is 78.5. The Labute approximate surface area is 465 Å². The smallest absolute Gasteiger partial charge is 0.550 e. The molecule has 21 heteroatoms. The van der Waals surface area contributed by atoms with Gasteiger partial charge < -0.3 is 54.9 Å². The summed E-state index contributed by atoms with van der Waals surface area (Å²) >= 11 is 11.2. The molecule has 3 aromatic rings. The van der Waals surface area contributed by atoms with Gasteiger partial charge in [0.05, 0.1) is 77.1 Å². The van der Waals surface area contributed by atoms with Crippen LogP contribution in [0.3, 0.4) is 0 Å². The van der Waals surface area contributed by atoms with Crippen LogP contribution in [0.25, 0.3) is 56.5 Å². The zero-order valence-electron chi connectivity index (χ0n) is 35.1. The zero-order chi connectivity index (χ0) is 42.2. The summed E-state index contributed by atoms with van der Waals surface area (Å²) in [6, 6.07) is -1.76. The molecule has 5 rings (SSSR count). The van der Waals surface area contributed by atoms with Crippen LogP contribution in [0, 0.1) is 6.92 Å². The summed E-state index contributed by atoms with van der Waals surface area (Å²) < 4.78 is 1.38. The van der Waals surface area contributed by atoms with Crippen LogP contribution in [0.5, 0.6) is 0 Å². The maximum atomic E-state index is 13.8. The maximum absolute atomic E-state index is 13.8. The summed E-state index contributed by atoms with van der Waals surface area (Å²) in [5.41, 5.74) is 6.14. The molecule has 2 aliphatic heterocycles. The Kier molecular flexibility index (Phi) is 23.2. The molecule has 8 bridgehead atoms. The molecule has 0 fully saturated rings. The first kappa shape index (κ1) is 57.9. The fraction of sp³-hybridized carbons (Fsp3) is 0.275. The molecule has 3 aromatic heterocycles. The van der Waals surface area contributed by atoms with Crippen LogP contribution in [0.1, 0.15) is 97.0 Å². The number of aromatic amines is 2. The Bertz CT molecular complexity index is 2590. The number of halogens is 3. The van der Waals surface area contributed by atoms with Gasteiger partial charge in [0, 0.05) is 39.7 Å². The second-order valence-corrected chi connectivity index (χ2v) is 15.6. The number of hydrogen-bond acceptors (Lipinski definition) is 11. The van der Waals surface area contributed by atoms with E-state index in [2.05, 4.69) is 76.2 Å². The van der Waals surface area contributed by atoms with Gasteiger partial charge in [-0.3, -0.25) is 4.79 Å². The van der Waals surface area contributed by atoms with Crippen molar-refractivity contribution >= 4 is 134 Å². The molecule has 0 spiro atoms. The summed E-state index contributed by atoms with van der Waals surface area (Å²) in [6.45, 7) is 15.3. The SMILES string of the molecule is C=Cc1c(C)c2[nH]c1c(Br)c1nc(c(Br)c3nc(c(CC(=O)NC(CCC(=O)[O-])C(=O)[O-])c4[nH]c(c(C=C)c4CCC(=O)[O-])c2Br)C(C(=O)[O-])=C3C)C(CC)=C1C.[Na+].[Na+].[Na+].[Na+]. The van der Waals surface area contributed by atoms with E-state index in [1.807, 2.05) is 20.8 Å². The molecule has 298 valence electrons. The van der Waals surface area contributed by atoms with Crippen molar-refractivity contribution in [3.8, 4) is 0 Å². The number of rotatable bonds is 14. The Morgan fingerprint density at radius 1 is 0.705 bits per heavy atom. The van der Waals surface area contributed by atoms with Gasteiger partial charge in [-0.1, -0.05) is 32.2 Å². The number of fused-ring (bicyclic) bond motifs is 8. The minimum absolute atomic E-state index is 0. The van der Waals surface area contributed by atoms with E-state index in [-0.39, 0.29) is 153 Å². The number of carbonyl (C=O) groups excluding carboxylic acids is 5. The molecular formula is C40H34Br3N5Na4O9. The van der Waals surface area contributed by atoms with Crippen molar-refractivity contribution in [2.45, 2.75) is 72.3 Å². The summed E-state index contributed by atoms with van der Waals surface area (Å²) in [7, 11) is 0. The molecule has 1 amide bonds. The van der Waals surface area contributed by atoms with E-state index in [9.17, 15) is 44.4 Å². The van der Waals surface area contributed by atoms with Crippen molar-refractivity contribution in [2.75, 3.05) is 0 Å². The van der Waals surface area contributed by atoms with Crippen LogP contribution >= 0.6 is 47.8 Å². The van der Waals surface area contributed by atoms with Crippen molar-refractivity contribution in [1.82, 2.24) is 25.3 Å². The molecule has 0 saturated heterocycles. The molecule has 1 atom stereocenters. The molecule has 3 N–H and O–H groups in total. The van der Waals surface area contributed by atoms with Crippen molar-refractivity contribution in [3.05, 3.63) is 77.2 Å². The Morgan fingerprint density at radius 3 is 1.77 bits per heavy atom. The summed E-state index contributed by atoms with van der Waals surface area (Å²) in [5.74, 6) is -7.33. The second-order valence-electron chi connectivity index (χ2n) is 13.3. The van der Waals surface area contributed by atoms with Gasteiger partial charge in [0.15, 0.2) is 0 Å². The van der Waals surface area contributed by atoms with E-state index in [1.165, 1.54) is 13.0 Å². The monoisotopic (exact) mass is 1060 g/mol. The number of hydrogen-bond donors (Lipinski definition) is 3. The van der Waals surface area contributed by atoms with Crippen molar-refractivity contribution in [2.24, 2.45) is 0 Å². The van der Waals surface area contributed by atoms with Gasteiger partial charge in [-0.05, 0) is 129 Å². The van der Waals surface area contributed by atoms with E-state index in [1.54, 1.807) is 6.08 Å². The standard InChI is InChI=1S/C40H38Br3N5O9.4Na/c1-7-18-16(5)32-29(42)38-20(9-3)21(10-12-25(50)51)34(48-38)22(14-24(49)44-23(39(54)55)11-13-26(52)53)35-27(40(56)57)17(6)33(45-35)30(43)37-19(8-2)15(4)31(46-37)28(41)36(18)47-32;;;;/h7,9,23,47-48H,1,3,8,10-14H2,2,4-6H3,(H,44,49)(H,50,51)(H,52,53)(H,54,55)(H,56,57);;;;/q;4*+1/p-4. The second kappa shape index (κ2) is 24.4. The molecule has 1 unspecified atom stereocenters. The van der Waals surface area contributed by atoms with E-state index < -0.39 is 67.1 Å². The van der Waals surface area contributed by atoms with Crippen LogP contribution in [0.15, 0.2) is 26.6 Å². The third-order valence-corrected chi connectivity index (χ3v) is 12.3. The predicted molar refractivity (Wildman–Crippen MR) is 218 cm³/mol. The zero-order valence-corrected chi connectivity index (χ0v) is 47.8. The van der Waals surface area contributed by atoms with Gasteiger partial charge in [0.1, 0.15) is 0 Å². The van der Waals surface area contributed by atoms with Crippen molar-refractivity contribution < 1.29 is 163 Å². The number of H-pyrrole nitrogens is 2. The molecule has 0 radical (unpaired) electrons. The van der Waals surface area contributed by atoms with Crippen LogP contribution in [0.4, 0.5) is 0 Å². The third kappa shape index (κ3) is 11.8. The normalized spacial score (nSPS) is 12.2. The first-order valence-electron chi connectivity index (χ1n) is 17.5. The number of carboxylic acids is 4. The minimum atomic E-state index is -1.76. The number of aliphatic carboxylic acids is 4. The van der Waals surface area contributed by atoms with Crippen LogP contribution in [-0.2, 0) is 36.8 Å². The number of aryl methyl sites for hydroxylation is 2. The molecule has 5 heterocycles. The molecule has 0 aliphatic carbocycles. The quantitative estimate of drug-likeness (QED) is 0.128. The molecule has 0 saturated carbocycles. The Morgan fingerprint density at radius 2 is 1.25 bits per heavy atom. The number of carboxylic acid groups (broad SMARTS) is 4. The first-order chi connectivity index (χ1) is 26.9. The van der Waals surface area contributed by atoms with E-state index >= 15 is 0 Å². The fourth-order valence-corrected chi connectivity index (χ4v) is 9.28. The van der Waals surface area contributed by atoms with Crippen molar-refractivity contribution in [3.63, 3.8) is 0 Å². The van der Waals surface area contributed by atoms with Gasteiger partial charge in [-0.15, -0.1) is 0 Å². The van der Waals surface area contributed by atoms with Gasteiger partial charge in [0.2, 0.25) is 5.91 Å².